The molecule has 256 valence electrons. The lowest BCUT2D eigenvalue weighted by Crippen LogP contribution is -2.63. The van der Waals surface area contributed by atoms with Crippen LogP contribution in [0.3, 0.4) is 0 Å². The summed E-state index contributed by atoms with van der Waals surface area (Å²) in [6.45, 7) is 21.5. The molecule has 3 aromatic heterocycles. The zero-order chi connectivity index (χ0) is 34.4. The molecule has 2 saturated heterocycles. The van der Waals surface area contributed by atoms with Crippen LogP contribution in [0.2, 0.25) is 0 Å². The lowest BCUT2D eigenvalue weighted by Gasteiger charge is -2.57. The van der Waals surface area contributed by atoms with Crippen LogP contribution < -0.4 is 15.1 Å². The van der Waals surface area contributed by atoms with Gasteiger partial charge in [-0.15, -0.1) is 21.5 Å². The monoisotopic (exact) mass is 677 g/mol. The van der Waals surface area contributed by atoms with Crippen molar-refractivity contribution in [3.63, 3.8) is 0 Å². The van der Waals surface area contributed by atoms with Gasteiger partial charge in [0.05, 0.1) is 18.1 Å². The van der Waals surface area contributed by atoms with E-state index < -0.39 is 0 Å². The Bertz CT molecular complexity index is 1930. The number of anilines is 2. The summed E-state index contributed by atoms with van der Waals surface area (Å²) in [5.41, 5.74) is 6.52. The number of carbonyl (C=O) groups excluding carboxylic acids is 1. The van der Waals surface area contributed by atoms with Crippen LogP contribution in [0, 0.1) is 43.4 Å². The normalized spacial score (nSPS) is 21.6. The number of hydrogen-bond donors (Lipinski definition) is 1. The van der Waals surface area contributed by atoms with E-state index in [2.05, 4.69) is 113 Å². The predicted octanol–water partition coefficient (Wildman–Crippen LogP) is 6.47. The molecule has 3 fully saturated rings. The molecule has 8 rings (SSSR count). The SMILES string of the molecule is Cc1sc2c(c1C)C(c1ccc(N3CC(CC4CN(c5cnc(C(=O)NC6C(C)(C)CC6(C)C)cn5)C4)C3)cc1)=NC(C)c1nnc(C)n1-2. The summed E-state index contributed by atoms with van der Waals surface area (Å²) in [6.07, 6.45) is 5.71. The zero-order valence-corrected chi connectivity index (χ0v) is 30.7. The average molecular weight is 678 g/mol. The zero-order valence-electron chi connectivity index (χ0n) is 29.9. The van der Waals surface area contributed by atoms with E-state index in [1.807, 2.05) is 6.92 Å². The molecular formula is C38H47N9OS. The summed E-state index contributed by atoms with van der Waals surface area (Å²) in [5, 5.41) is 13.2. The average Bonchev–Trinajstić information content (AvgIpc) is 3.50. The van der Waals surface area contributed by atoms with Crippen LogP contribution in [0.5, 0.6) is 0 Å². The molecule has 1 aliphatic carbocycles. The van der Waals surface area contributed by atoms with Crippen molar-refractivity contribution in [3.8, 4) is 5.00 Å². The van der Waals surface area contributed by atoms with E-state index in [-0.39, 0.29) is 28.8 Å². The highest BCUT2D eigenvalue weighted by atomic mass is 32.1. The Hall–Kier alpha value is -4.12. The number of rotatable bonds is 7. The summed E-state index contributed by atoms with van der Waals surface area (Å²) in [7, 11) is 0. The minimum Gasteiger partial charge on any atom is -0.371 e. The van der Waals surface area contributed by atoms with E-state index in [4.69, 9.17) is 4.99 Å². The fraction of sp³-hybridized carbons (Fsp3) is 0.526. The third kappa shape index (κ3) is 5.45. The first-order valence-corrected chi connectivity index (χ1v) is 18.4. The van der Waals surface area contributed by atoms with Gasteiger partial charge in [0.2, 0.25) is 0 Å². The van der Waals surface area contributed by atoms with Crippen molar-refractivity contribution < 1.29 is 4.79 Å². The molecule has 0 spiro atoms. The maximum Gasteiger partial charge on any atom is 0.271 e. The Labute approximate surface area is 293 Å². The van der Waals surface area contributed by atoms with Gasteiger partial charge < -0.3 is 15.1 Å². The van der Waals surface area contributed by atoms with Crippen LogP contribution >= 0.6 is 11.3 Å². The van der Waals surface area contributed by atoms with E-state index in [1.54, 1.807) is 23.7 Å². The molecule has 10 nitrogen and oxygen atoms in total. The van der Waals surface area contributed by atoms with Crippen LogP contribution in [0.4, 0.5) is 11.5 Å². The van der Waals surface area contributed by atoms with Crippen molar-refractivity contribution in [1.82, 2.24) is 30.0 Å². The van der Waals surface area contributed by atoms with Crippen molar-refractivity contribution in [2.75, 3.05) is 36.0 Å². The maximum atomic E-state index is 12.9. The Morgan fingerprint density at radius 2 is 1.59 bits per heavy atom. The largest absolute Gasteiger partial charge is 0.371 e. The molecule has 4 aromatic rings. The van der Waals surface area contributed by atoms with Crippen molar-refractivity contribution >= 4 is 34.5 Å². The van der Waals surface area contributed by atoms with Crippen LogP contribution in [0.25, 0.3) is 5.00 Å². The van der Waals surface area contributed by atoms with Crippen LogP contribution in [-0.4, -0.2) is 68.6 Å². The minimum atomic E-state index is -0.133. The Kier molecular flexibility index (Phi) is 7.51. The number of aromatic nitrogens is 5. The molecular weight excluding hydrogens is 631 g/mol. The van der Waals surface area contributed by atoms with E-state index in [9.17, 15) is 4.79 Å². The molecule has 1 saturated carbocycles. The van der Waals surface area contributed by atoms with Gasteiger partial charge in [-0.05, 0) is 80.9 Å². The number of thiophene rings is 1. The summed E-state index contributed by atoms with van der Waals surface area (Å²) in [5.74, 6) is 3.89. The molecule has 3 aliphatic heterocycles. The molecule has 1 N–H and O–H groups in total. The number of nitrogens with zero attached hydrogens (tertiary/aromatic N) is 8. The molecule has 1 atom stereocenters. The lowest BCUT2D eigenvalue weighted by atomic mass is 9.52. The van der Waals surface area contributed by atoms with Crippen LogP contribution in [0.1, 0.15) is 97.2 Å². The van der Waals surface area contributed by atoms with Gasteiger partial charge in [-0.2, -0.15) is 0 Å². The van der Waals surface area contributed by atoms with Gasteiger partial charge in [-0.3, -0.25) is 14.4 Å². The van der Waals surface area contributed by atoms with E-state index in [0.29, 0.717) is 17.5 Å². The number of fused-ring (bicyclic) bond motifs is 3. The van der Waals surface area contributed by atoms with Gasteiger partial charge in [-0.25, -0.2) is 9.97 Å². The number of aryl methyl sites for hydroxylation is 2. The molecule has 11 heteroatoms. The first kappa shape index (κ1) is 32.1. The van der Waals surface area contributed by atoms with Crippen LogP contribution in [-0.2, 0) is 0 Å². The van der Waals surface area contributed by atoms with Gasteiger partial charge in [0, 0.05) is 53.9 Å². The fourth-order valence-corrected chi connectivity index (χ4v) is 10.3. The lowest BCUT2D eigenvalue weighted by molar-refractivity contribution is -0.0367. The van der Waals surface area contributed by atoms with Crippen molar-refractivity contribution in [2.45, 2.75) is 80.3 Å². The summed E-state index contributed by atoms with van der Waals surface area (Å²) in [4.78, 5) is 33.2. The van der Waals surface area contributed by atoms with Crippen molar-refractivity contribution in [1.29, 1.82) is 0 Å². The first-order valence-electron chi connectivity index (χ1n) is 17.6. The highest BCUT2D eigenvalue weighted by Gasteiger charge is 2.53. The van der Waals surface area contributed by atoms with Gasteiger partial charge in [0.1, 0.15) is 28.4 Å². The van der Waals surface area contributed by atoms with Crippen LogP contribution in [0.15, 0.2) is 41.7 Å². The molecule has 0 bridgehead atoms. The number of carbonyl (C=O) groups is 1. The maximum absolute atomic E-state index is 12.9. The van der Waals surface area contributed by atoms with Gasteiger partial charge in [0.15, 0.2) is 5.82 Å². The minimum absolute atomic E-state index is 0.0797. The van der Waals surface area contributed by atoms with Gasteiger partial charge in [-0.1, -0.05) is 39.8 Å². The Balaban J connectivity index is 0.844. The quantitative estimate of drug-likeness (QED) is 0.239. The first-order chi connectivity index (χ1) is 23.3. The van der Waals surface area contributed by atoms with E-state index >= 15 is 0 Å². The van der Waals surface area contributed by atoms with E-state index in [0.717, 1.165) is 61.3 Å². The summed E-state index contributed by atoms with van der Waals surface area (Å²) < 4.78 is 2.19. The second-order valence-corrected chi connectivity index (χ2v) is 17.4. The Morgan fingerprint density at radius 3 is 2.22 bits per heavy atom. The smallest absolute Gasteiger partial charge is 0.271 e. The molecule has 6 heterocycles. The Morgan fingerprint density at radius 1 is 0.918 bits per heavy atom. The van der Waals surface area contributed by atoms with Crippen molar-refractivity contribution in [3.05, 3.63) is 75.6 Å². The summed E-state index contributed by atoms with van der Waals surface area (Å²) in [6, 6.07) is 9.03. The van der Waals surface area contributed by atoms with Gasteiger partial charge in [0.25, 0.3) is 5.91 Å². The summed E-state index contributed by atoms with van der Waals surface area (Å²) >= 11 is 1.80. The molecule has 1 amide bonds. The number of hydrogen-bond acceptors (Lipinski definition) is 9. The molecule has 1 aromatic carbocycles. The second-order valence-electron chi connectivity index (χ2n) is 16.2. The van der Waals surface area contributed by atoms with E-state index in [1.165, 1.54) is 33.1 Å². The third-order valence-electron chi connectivity index (χ3n) is 11.4. The highest BCUT2D eigenvalue weighted by molar-refractivity contribution is 7.15. The standard InChI is InChI=1S/C38H47N9OS/c1-21-23(3)49-35-31(21)32(41-22(2)33-44-43-24(4)47(33)35)27-9-11-28(12-10-27)45-16-25(17-45)13-26-18-46(19-26)30-15-39-29(14-40-30)34(48)42-36-37(5,6)20-38(36,7)8/h9-12,14-15,22,25-26,36H,13,16-20H2,1-8H3,(H,42,48). The molecule has 0 radical (unpaired) electrons. The number of amides is 1. The predicted molar refractivity (Wildman–Crippen MR) is 195 cm³/mol. The number of aliphatic imine (C=N–C) groups is 1. The highest BCUT2D eigenvalue weighted by Crippen LogP contribution is 2.53. The second kappa shape index (κ2) is 11.5. The fourth-order valence-electron chi connectivity index (χ4n) is 9.12. The molecule has 49 heavy (non-hydrogen) atoms. The number of nitrogens with one attached hydrogen (secondary N) is 1. The molecule has 1 unspecified atom stereocenters. The van der Waals surface area contributed by atoms with Crippen molar-refractivity contribution in [2.24, 2.45) is 27.7 Å². The molecule has 4 aliphatic rings. The topological polar surface area (TPSA) is 104 Å². The number of benzene rings is 1. The third-order valence-corrected chi connectivity index (χ3v) is 12.6. The van der Waals surface area contributed by atoms with Gasteiger partial charge >= 0.3 is 0 Å².